The van der Waals surface area contributed by atoms with Crippen molar-refractivity contribution >= 4 is 21.6 Å². The molecule has 1 fully saturated rings. The highest BCUT2D eigenvalue weighted by Crippen LogP contribution is 2.31. The number of sulfonamides is 1. The van der Waals surface area contributed by atoms with Gasteiger partial charge < -0.3 is 10.2 Å². The van der Waals surface area contributed by atoms with Crippen LogP contribution >= 0.6 is 0 Å². The van der Waals surface area contributed by atoms with Crippen LogP contribution in [0.3, 0.4) is 0 Å². The number of carbonyl (C=O) groups excluding carboxylic acids is 1. The lowest BCUT2D eigenvalue weighted by atomic mass is 10.1. The van der Waals surface area contributed by atoms with E-state index >= 15 is 0 Å². The Morgan fingerprint density at radius 1 is 1.12 bits per heavy atom. The van der Waals surface area contributed by atoms with Crippen LogP contribution in [0, 0.1) is 11.7 Å². The van der Waals surface area contributed by atoms with E-state index in [0.29, 0.717) is 25.3 Å². The average Bonchev–Trinajstić information content (AvgIpc) is 3.24. The Morgan fingerprint density at radius 3 is 2.29 bits per heavy atom. The van der Waals surface area contributed by atoms with E-state index < -0.39 is 39.5 Å². The molecule has 0 bridgehead atoms. The lowest BCUT2D eigenvalue weighted by Gasteiger charge is -2.25. The predicted molar refractivity (Wildman–Crippen MR) is 120 cm³/mol. The maximum atomic E-state index is 13.2. The molecule has 34 heavy (non-hydrogen) atoms. The molecular formula is C23H27F4N3O3S. The normalized spacial score (nSPS) is 16.9. The number of anilines is 1. The number of nitrogens with zero attached hydrogens (tertiary/aromatic N) is 2. The number of rotatable bonds is 8. The first-order valence-corrected chi connectivity index (χ1v) is 12.3. The third-order valence-corrected chi connectivity index (χ3v) is 7.77. The fraction of sp³-hybridized carbons (Fsp3) is 0.435. The van der Waals surface area contributed by atoms with Crippen molar-refractivity contribution in [1.29, 1.82) is 0 Å². The van der Waals surface area contributed by atoms with Gasteiger partial charge in [0.15, 0.2) is 0 Å². The highest BCUT2D eigenvalue weighted by molar-refractivity contribution is 7.89. The maximum absolute atomic E-state index is 13.2. The second-order valence-corrected chi connectivity index (χ2v) is 10.4. The third kappa shape index (κ3) is 6.26. The summed E-state index contributed by atoms with van der Waals surface area (Å²) in [4.78, 5) is 14.4. The molecule has 0 aliphatic carbocycles. The van der Waals surface area contributed by atoms with Crippen LogP contribution in [0.15, 0.2) is 53.4 Å². The van der Waals surface area contributed by atoms with E-state index in [0.717, 1.165) is 47.1 Å². The van der Waals surface area contributed by atoms with Crippen LogP contribution < -0.4 is 10.2 Å². The summed E-state index contributed by atoms with van der Waals surface area (Å²) in [7, 11) is -3.99. The Balaban J connectivity index is 1.55. The molecule has 0 saturated carbocycles. The molecule has 2 aromatic rings. The Hall–Kier alpha value is -2.66. The van der Waals surface area contributed by atoms with E-state index in [1.807, 2.05) is 4.90 Å². The Labute approximate surface area is 196 Å². The number of alkyl halides is 3. The lowest BCUT2D eigenvalue weighted by molar-refractivity contribution is -0.137. The third-order valence-electron chi connectivity index (χ3n) is 5.73. The average molecular weight is 502 g/mol. The van der Waals surface area contributed by atoms with Gasteiger partial charge in [-0.3, -0.25) is 4.79 Å². The first kappa shape index (κ1) is 26.0. The van der Waals surface area contributed by atoms with Gasteiger partial charge in [0, 0.05) is 31.4 Å². The van der Waals surface area contributed by atoms with Crippen LogP contribution in [0.5, 0.6) is 0 Å². The second kappa shape index (κ2) is 10.3. The summed E-state index contributed by atoms with van der Waals surface area (Å²) < 4.78 is 78.3. The molecule has 0 spiro atoms. The van der Waals surface area contributed by atoms with E-state index in [1.54, 1.807) is 13.8 Å². The summed E-state index contributed by atoms with van der Waals surface area (Å²) in [6.07, 6.45) is -3.65. The molecule has 3 rings (SSSR count). The van der Waals surface area contributed by atoms with Crippen molar-refractivity contribution in [2.45, 2.75) is 37.4 Å². The van der Waals surface area contributed by atoms with Crippen LogP contribution in [0.2, 0.25) is 0 Å². The van der Waals surface area contributed by atoms with Crippen LogP contribution in [-0.4, -0.2) is 50.9 Å². The van der Waals surface area contributed by atoms with Gasteiger partial charge in [0.1, 0.15) is 5.82 Å². The van der Waals surface area contributed by atoms with Gasteiger partial charge in [-0.05, 0) is 74.7 Å². The summed E-state index contributed by atoms with van der Waals surface area (Å²) in [6.45, 7) is 4.43. The van der Waals surface area contributed by atoms with Crippen molar-refractivity contribution in [2.75, 3.05) is 31.1 Å². The zero-order valence-corrected chi connectivity index (χ0v) is 19.7. The van der Waals surface area contributed by atoms with Crippen molar-refractivity contribution in [1.82, 2.24) is 9.62 Å². The van der Waals surface area contributed by atoms with Gasteiger partial charge in [-0.15, -0.1) is 0 Å². The zero-order valence-electron chi connectivity index (χ0n) is 18.8. The van der Waals surface area contributed by atoms with Gasteiger partial charge in [0.05, 0.1) is 17.0 Å². The summed E-state index contributed by atoms with van der Waals surface area (Å²) in [5, 5.41) is 2.76. The van der Waals surface area contributed by atoms with Crippen molar-refractivity contribution in [3.63, 3.8) is 0 Å². The minimum absolute atomic E-state index is 0.0763. The first-order valence-electron chi connectivity index (χ1n) is 10.8. The number of halogens is 4. The van der Waals surface area contributed by atoms with Gasteiger partial charge >= 0.3 is 6.18 Å². The molecule has 11 heteroatoms. The molecule has 2 aromatic carbocycles. The van der Waals surface area contributed by atoms with Gasteiger partial charge in [-0.2, -0.15) is 17.5 Å². The summed E-state index contributed by atoms with van der Waals surface area (Å²) in [5.74, 6) is -0.950. The number of nitrogens with one attached hydrogen (secondary N) is 1. The molecular weight excluding hydrogens is 474 g/mol. The molecule has 1 aliphatic rings. The Bertz CT molecular complexity index is 1090. The molecule has 1 amide bonds. The van der Waals surface area contributed by atoms with Gasteiger partial charge in [-0.1, -0.05) is 0 Å². The van der Waals surface area contributed by atoms with E-state index in [2.05, 4.69) is 5.32 Å². The number of amides is 1. The highest BCUT2D eigenvalue weighted by Gasteiger charge is 2.32. The molecule has 0 radical (unpaired) electrons. The van der Waals surface area contributed by atoms with Gasteiger partial charge in [-0.25, -0.2) is 12.8 Å². The standard InChI is InChI=1S/C23H27F4N3O3S/c1-16(2)30(34(32,33)21-9-5-19(24)6-10-21)15-22(31)28-13-17-11-12-29(14-17)20-7-3-18(4-8-20)23(25,26)27/h3-10,16-17H,11-15H2,1-2H3,(H,28,31)/t17-/m1/s1. The minimum Gasteiger partial charge on any atom is -0.371 e. The zero-order chi connectivity index (χ0) is 25.1. The van der Waals surface area contributed by atoms with Crippen LogP contribution in [0.25, 0.3) is 0 Å². The fourth-order valence-electron chi connectivity index (χ4n) is 3.84. The number of benzene rings is 2. The summed E-state index contributed by atoms with van der Waals surface area (Å²) >= 11 is 0. The van der Waals surface area contributed by atoms with Crippen molar-refractivity contribution < 1.29 is 30.8 Å². The number of carbonyl (C=O) groups is 1. The fourth-order valence-corrected chi connectivity index (χ4v) is 5.43. The lowest BCUT2D eigenvalue weighted by Crippen LogP contribution is -2.45. The predicted octanol–water partition coefficient (Wildman–Crippen LogP) is 3.89. The summed E-state index contributed by atoms with van der Waals surface area (Å²) in [6, 6.07) is 8.89. The van der Waals surface area contributed by atoms with Crippen LogP contribution in [-0.2, 0) is 21.0 Å². The largest absolute Gasteiger partial charge is 0.416 e. The molecule has 1 heterocycles. The monoisotopic (exact) mass is 501 g/mol. The second-order valence-electron chi connectivity index (χ2n) is 8.55. The first-order chi connectivity index (χ1) is 15.9. The van der Waals surface area contributed by atoms with E-state index in [4.69, 9.17) is 0 Å². The molecule has 1 atom stereocenters. The van der Waals surface area contributed by atoms with Crippen LogP contribution in [0.1, 0.15) is 25.8 Å². The smallest absolute Gasteiger partial charge is 0.371 e. The molecule has 1 saturated heterocycles. The van der Waals surface area contributed by atoms with Crippen molar-refractivity contribution in [3.8, 4) is 0 Å². The SMILES string of the molecule is CC(C)N(CC(=O)NC[C@H]1CCN(c2ccc(C(F)(F)F)cc2)C1)S(=O)(=O)c1ccc(F)cc1. The topological polar surface area (TPSA) is 69.7 Å². The quantitative estimate of drug-likeness (QED) is 0.558. The molecule has 0 unspecified atom stereocenters. The molecule has 6 nitrogen and oxygen atoms in total. The highest BCUT2D eigenvalue weighted by atomic mass is 32.2. The van der Waals surface area contributed by atoms with E-state index in [-0.39, 0.29) is 17.4 Å². The number of hydrogen-bond donors (Lipinski definition) is 1. The molecule has 1 aliphatic heterocycles. The van der Waals surface area contributed by atoms with Crippen molar-refractivity contribution in [2.24, 2.45) is 5.92 Å². The van der Waals surface area contributed by atoms with E-state index in [9.17, 15) is 30.8 Å². The molecule has 0 aromatic heterocycles. The minimum atomic E-state index is -4.38. The Morgan fingerprint density at radius 2 is 1.74 bits per heavy atom. The van der Waals surface area contributed by atoms with E-state index in [1.165, 1.54) is 12.1 Å². The number of hydrogen-bond acceptors (Lipinski definition) is 4. The Kier molecular flexibility index (Phi) is 7.87. The molecule has 186 valence electrons. The molecule has 1 N–H and O–H groups in total. The van der Waals surface area contributed by atoms with Gasteiger partial charge in [0.25, 0.3) is 0 Å². The van der Waals surface area contributed by atoms with Crippen LogP contribution in [0.4, 0.5) is 23.2 Å². The maximum Gasteiger partial charge on any atom is 0.416 e. The summed E-state index contributed by atoms with van der Waals surface area (Å²) in [5.41, 5.74) is -0.0252. The van der Waals surface area contributed by atoms with Crippen molar-refractivity contribution in [3.05, 3.63) is 59.9 Å². The van der Waals surface area contributed by atoms with Gasteiger partial charge in [0.2, 0.25) is 15.9 Å².